The summed E-state index contributed by atoms with van der Waals surface area (Å²) in [6, 6.07) is 12.9. The number of rotatable bonds is 5. The van der Waals surface area contributed by atoms with Crippen molar-refractivity contribution in [3.8, 4) is 11.5 Å². The standard InChI is InChI=1S/C15H13IO4.C2H6/c1-19-13-7-11(15(17)18)12(16)8-14(13)20-9-10-5-3-2-4-6-10;1-2/h2-8H,9H2,1H3,(H,17,18);1-2H3. The molecule has 0 saturated heterocycles. The van der Waals surface area contributed by atoms with Gasteiger partial charge in [0.2, 0.25) is 0 Å². The Bertz CT molecular complexity index is 612. The number of carbonyl (C=O) groups is 1. The monoisotopic (exact) mass is 414 g/mol. The summed E-state index contributed by atoms with van der Waals surface area (Å²) in [6.45, 7) is 4.40. The van der Waals surface area contributed by atoms with Crippen LogP contribution in [0.4, 0.5) is 0 Å². The lowest BCUT2D eigenvalue weighted by molar-refractivity contribution is 0.0695. The second-order valence-electron chi connectivity index (χ2n) is 4.06. The number of hydrogen-bond donors (Lipinski definition) is 1. The van der Waals surface area contributed by atoms with E-state index < -0.39 is 5.97 Å². The Hall–Kier alpha value is -1.76. The van der Waals surface area contributed by atoms with Gasteiger partial charge in [-0.25, -0.2) is 4.79 Å². The Kier molecular flexibility index (Phi) is 7.73. The number of ether oxygens (including phenoxy) is 2. The molecule has 2 rings (SSSR count). The van der Waals surface area contributed by atoms with E-state index in [-0.39, 0.29) is 5.56 Å². The Balaban J connectivity index is 0.00000116. The summed E-state index contributed by atoms with van der Waals surface area (Å²) in [5, 5.41) is 9.08. The summed E-state index contributed by atoms with van der Waals surface area (Å²) in [6.07, 6.45) is 0. The number of benzene rings is 2. The van der Waals surface area contributed by atoms with Gasteiger partial charge in [-0.1, -0.05) is 44.2 Å². The molecule has 2 aromatic carbocycles. The van der Waals surface area contributed by atoms with Gasteiger partial charge < -0.3 is 14.6 Å². The highest BCUT2D eigenvalue weighted by molar-refractivity contribution is 14.1. The van der Waals surface area contributed by atoms with E-state index in [1.165, 1.54) is 13.2 Å². The van der Waals surface area contributed by atoms with E-state index in [0.29, 0.717) is 21.7 Å². The average Bonchev–Trinajstić information content (AvgIpc) is 2.55. The van der Waals surface area contributed by atoms with Gasteiger partial charge in [-0.2, -0.15) is 0 Å². The number of halogens is 1. The predicted molar refractivity (Wildman–Crippen MR) is 94.8 cm³/mol. The highest BCUT2D eigenvalue weighted by Gasteiger charge is 2.14. The summed E-state index contributed by atoms with van der Waals surface area (Å²) < 4.78 is 11.5. The van der Waals surface area contributed by atoms with Crippen molar-refractivity contribution in [1.82, 2.24) is 0 Å². The van der Waals surface area contributed by atoms with Crippen molar-refractivity contribution in [3.63, 3.8) is 0 Å². The molecule has 0 aliphatic heterocycles. The fourth-order valence-corrected chi connectivity index (χ4v) is 2.38. The minimum atomic E-state index is -0.984. The van der Waals surface area contributed by atoms with Crippen molar-refractivity contribution >= 4 is 28.6 Å². The number of hydrogen-bond acceptors (Lipinski definition) is 3. The van der Waals surface area contributed by atoms with Crippen molar-refractivity contribution in [3.05, 3.63) is 57.2 Å². The zero-order chi connectivity index (χ0) is 16.5. The van der Waals surface area contributed by atoms with Crippen molar-refractivity contribution in [1.29, 1.82) is 0 Å². The largest absolute Gasteiger partial charge is 0.493 e. The molecule has 5 heteroatoms. The molecule has 0 aliphatic carbocycles. The zero-order valence-corrected chi connectivity index (χ0v) is 15.0. The molecule has 1 N–H and O–H groups in total. The van der Waals surface area contributed by atoms with Gasteiger partial charge in [0.25, 0.3) is 0 Å². The lowest BCUT2D eigenvalue weighted by Gasteiger charge is -2.12. The van der Waals surface area contributed by atoms with Gasteiger partial charge in [0.05, 0.1) is 12.7 Å². The first-order valence-electron chi connectivity index (χ1n) is 6.89. The molecule has 118 valence electrons. The Morgan fingerprint density at radius 3 is 2.32 bits per heavy atom. The lowest BCUT2D eigenvalue weighted by Crippen LogP contribution is -2.03. The second kappa shape index (κ2) is 9.30. The van der Waals surface area contributed by atoms with E-state index in [1.54, 1.807) is 6.07 Å². The van der Waals surface area contributed by atoms with Gasteiger partial charge in [-0.15, -0.1) is 0 Å². The number of aromatic carboxylic acids is 1. The van der Waals surface area contributed by atoms with E-state index in [0.717, 1.165) is 5.56 Å². The van der Waals surface area contributed by atoms with Crippen LogP contribution in [0, 0.1) is 3.57 Å². The molecule has 0 saturated carbocycles. The molecule has 0 atom stereocenters. The third-order valence-electron chi connectivity index (χ3n) is 2.72. The van der Waals surface area contributed by atoms with E-state index >= 15 is 0 Å². The lowest BCUT2D eigenvalue weighted by atomic mass is 10.2. The van der Waals surface area contributed by atoms with E-state index in [1.807, 2.05) is 66.8 Å². The normalized spacial score (nSPS) is 9.45. The van der Waals surface area contributed by atoms with E-state index in [9.17, 15) is 4.79 Å². The van der Waals surface area contributed by atoms with Crippen LogP contribution < -0.4 is 9.47 Å². The second-order valence-corrected chi connectivity index (χ2v) is 5.22. The first-order chi connectivity index (χ1) is 10.6. The summed E-state index contributed by atoms with van der Waals surface area (Å²) in [5.74, 6) is -0.0354. The molecule has 2 aromatic rings. The van der Waals surface area contributed by atoms with Gasteiger partial charge in [-0.3, -0.25) is 0 Å². The maximum atomic E-state index is 11.1. The number of methoxy groups -OCH3 is 1. The van der Waals surface area contributed by atoms with Crippen molar-refractivity contribution < 1.29 is 19.4 Å². The van der Waals surface area contributed by atoms with Gasteiger partial charge in [0.15, 0.2) is 11.5 Å². The SMILES string of the molecule is CC.COc1cc(C(=O)O)c(I)cc1OCc1ccccc1. The van der Waals surface area contributed by atoms with Crippen LogP contribution in [-0.4, -0.2) is 18.2 Å². The smallest absolute Gasteiger partial charge is 0.336 e. The highest BCUT2D eigenvalue weighted by Crippen LogP contribution is 2.32. The van der Waals surface area contributed by atoms with Gasteiger partial charge in [0, 0.05) is 3.57 Å². The molecule has 0 unspecified atom stereocenters. The maximum absolute atomic E-state index is 11.1. The Morgan fingerprint density at radius 1 is 1.14 bits per heavy atom. The van der Waals surface area contributed by atoms with Gasteiger partial charge in [0.1, 0.15) is 6.61 Å². The van der Waals surface area contributed by atoms with Crippen LogP contribution in [0.15, 0.2) is 42.5 Å². The molecule has 22 heavy (non-hydrogen) atoms. The quantitative estimate of drug-likeness (QED) is 0.727. The number of carboxylic acids is 1. The fourth-order valence-electron chi connectivity index (χ4n) is 1.71. The predicted octanol–water partition coefficient (Wildman–Crippen LogP) is 4.60. The van der Waals surface area contributed by atoms with Crippen LogP contribution in [0.25, 0.3) is 0 Å². The molecule has 0 amide bonds. The van der Waals surface area contributed by atoms with Gasteiger partial charge >= 0.3 is 5.97 Å². The van der Waals surface area contributed by atoms with Crippen LogP contribution >= 0.6 is 22.6 Å². The van der Waals surface area contributed by atoms with Crippen molar-refractivity contribution in [2.75, 3.05) is 7.11 Å². The first kappa shape index (κ1) is 18.3. The summed E-state index contributed by atoms with van der Waals surface area (Å²) in [4.78, 5) is 11.1. The summed E-state index contributed by atoms with van der Waals surface area (Å²) in [5.41, 5.74) is 1.24. The molecule has 0 aromatic heterocycles. The molecule has 4 nitrogen and oxygen atoms in total. The fraction of sp³-hybridized carbons (Fsp3) is 0.235. The van der Waals surface area contributed by atoms with Crippen LogP contribution in [0.2, 0.25) is 0 Å². The van der Waals surface area contributed by atoms with Gasteiger partial charge in [-0.05, 0) is 40.3 Å². The Morgan fingerprint density at radius 2 is 1.77 bits per heavy atom. The summed E-state index contributed by atoms with van der Waals surface area (Å²) in [7, 11) is 1.49. The Labute approximate surface area is 144 Å². The summed E-state index contributed by atoms with van der Waals surface area (Å²) >= 11 is 1.97. The molecule has 0 fully saturated rings. The molecule has 0 aliphatic rings. The van der Waals surface area contributed by atoms with E-state index in [4.69, 9.17) is 14.6 Å². The topological polar surface area (TPSA) is 55.8 Å². The first-order valence-corrected chi connectivity index (χ1v) is 7.97. The average molecular weight is 414 g/mol. The minimum absolute atomic E-state index is 0.203. The molecule has 0 bridgehead atoms. The van der Waals surface area contributed by atoms with Crippen molar-refractivity contribution in [2.45, 2.75) is 20.5 Å². The van der Waals surface area contributed by atoms with Crippen molar-refractivity contribution in [2.24, 2.45) is 0 Å². The molecule has 0 heterocycles. The van der Waals surface area contributed by atoms with Crippen LogP contribution in [-0.2, 0) is 6.61 Å². The van der Waals surface area contributed by atoms with E-state index in [2.05, 4.69) is 0 Å². The van der Waals surface area contributed by atoms with Crippen LogP contribution in [0.3, 0.4) is 0 Å². The zero-order valence-electron chi connectivity index (χ0n) is 12.8. The molecule has 0 spiro atoms. The minimum Gasteiger partial charge on any atom is -0.493 e. The number of carboxylic acid groups (broad SMARTS) is 1. The molecular weight excluding hydrogens is 395 g/mol. The third kappa shape index (κ3) is 4.91. The maximum Gasteiger partial charge on any atom is 0.336 e. The molecule has 0 radical (unpaired) electrons. The third-order valence-corrected chi connectivity index (χ3v) is 3.61. The van der Waals surface area contributed by atoms with Crippen LogP contribution in [0.5, 0.6) is 11.5 Å². The van der Waals surface area contributed by atoms with Crippen LogP contribution in [0.1, 0.15) is 29.8 Å². The highest BCUT2D eigenvalue weighted by atomic mass is 127. The molecular formula is C17H19IO4.